The third-order valence-corrected chi connectivity index (χ3v) is 4.54. The molecule has 1 aromatic carbocycles. The van der Waals surface area contributed by atoms with Crippen molar-refractivity contribution in [3.8, 4) is 5.75 Å². The van der Waals surface area contributed by atoms with Crippen molar-refractivity contribution >= 4 is 11.8 Å². The van der Waals surface area contributed by atoms with E-state index in [0.717, 1.165) is 24.5 Å². The molecular weight excluding hydrogens is 244 g/mol. The first kappa shape index (κ1) is 15.4. The Labute approximate surface area is 115 Å². The van der Waals surface area contributed by atoms with E-state index in [1.165, 1.54) is 11.1 Å². The fourth-order valence-corrected chi connectivity index (χ4v) is 2.40. The molecule has 3 heteroatoms. The largest absolute Gasteiger partial charge is 0.494 e. The smallest absolute Gasteiger partial charge is 0.119 e. The third-order valence-electron chi connectivity index (χ3n) is 3.10. The molecule has 0 saturated carbocycles. The van der Waals surface area contributed by atoms with Gasteiger partial charge >= 0.3 is 0 Å². The Morgan fingerprint density at radius 1 is 1.22 bits per heavy atom. The van der Waals surface area contributed by atoms with E-state index in [1.54, 1.807) is 11.8 Å². The minimum atomic E-state index is -0.240. The lowest BCUT2D eigenvalue weighted by molar-refractivity contribution is 0.196. The number of aliphatic hydroxyl groups excluding tert-OH is 1. The minimum absolute atomic E-state index is 0.240. The van der Waals surface area contributed by atoms with E-state index in [-0.39, 0.29) is 6.10 Å². The summed E-state index contributed by atoms with van der Waals surface area (Å²) in [6.45, 7) is 8.83. The first-order valence-electron chi connectivity index (χ1n) is 6.50. The summed E-state index contributed by atoms with van der Waals surface area (Å²) in [7, 11) is 0. The molecule has 1 aromatic rings. The molecule has 0 bridgehead atoms. The van der Waals surface area contributed by atoms with Gasteiger partial charge in [0.25, 0.3) is 0 Å². The van der Waals surface area contributed by atoms with Gasteiger partial charge < -0.3 is 9.84 Å². The molecule has 0 aliphatic carbocycles. The van der Waals surface area contributed by atoms with Crippen LogP contribution in [-0.2, 0) is 0 Å². The van der Waals surface area contributed by atoms with Crippen molar-refractivity contribution in [3.05, 3.63) is 29.3 Å². The van der Waals surface area contributed by atoms with Crippen LogP contribution in [0.5, 0.6) is 5.75 Å². The van der Waals surface area contributed by atoms with E-state index in [9.17, 15) is 5.11 Å². The summed E-state index contributed by atoms with van der Waals surface area (Å²) in [4.78, 5) is 0. The minimum Gasteiger partial charge on any atom is -0.494 e. The van der Waals surface area contributed by atoms with Crippen LogP contribution in [0.1, 0.15) is 31.4 Å². The van der Waals surface area contributed by atoms with Crippen LogP contribution in [0.3, 0.4) is 0 Å². The zero-order valence-corrected chi connectivity index (χ0v) is 12.6. The maximum absolute atomic E-state index is 9.36. The summed E-state index contributed by atoms with van der Waals surface area (Å²) >= 11 is 1.80. The van der Waals surface area contributed by atoms with Crippen LogP contribution in [0.4, 0.5) is 0 Å². The molecule has 2 atom stereocenters. The van der Waals surface area contributed by atoms with Gasteiger partial charge in [0.15, 0.2) is 0 Å². The normalized spacial score (nSPS) is 14.3. The van der Waals surface area contributed by atoms with Crippen molar-refractivity contribution in [1.82, 2.24) is 0 Å². The van der Waals surface area contributed by atoms with Crippen LogP contribution in [0.25, 0.3) is 0 Å². The van der Waals surface area contributed by atoms with E-state index >= 15 is 0 Å². The quantitative estimate of drug-likeness (QED) is 0.767. The molecule has 0 radical (unpaired) electrons. The molecule has 0 aliphatic heterocycles. The van der Waals surface area contributed by atoms with E-state index in [2.05, 4.69) is 32.9 Å². The second kappa shape index (κ2) is 7.70. The Kier molecular flexibility index (Phi) is 6.58. The average molecular weight is 268 g/mol. The number of aliphatic hydroxyl groups is 1. The van der Waals surface area contributed by atoms with Crippen molar-refractivity contribution in [1.29, 1.82) is 0 Å². The SMILES string of the molecule is Cc1ccc(OCCCSC(C)C(C)O)cc1C. The number of hydrogen-bond donors (Lipinski definition) is 1. The number of thioether (sulfide) groups is 1. The first-order valence-corrected chi connectivity index (χ1v) is 7.55. The monoisotopic (exact) mass is 268 g/mol. The zero-order valence-electron chi connectivity index (χ0n) is 11.8. The summed E-state index contributed by atoms with van der Waals surface area (Å²) in [5, 5.41) is 9.66. The number of hydrogen-bond acceptors (Lipinski definition) is 3. The van der Waals surface area contributed by atoms with Crippen LogP contribution in [-0.4, -0.2) is 28.8 Å². The maximum Gasteiger partial charge on any atom is 0.119 e. The Bertz CT molecular complexity index is 364. The Hall–Kier alpha value is -0.670. The van der Waals surface area contributed by atoms with Crippen molar-refractivity contribution < 1.29 is 9.84 Å². The molecule has 102 valence electrons. The molecule has 0 aliphatic rings. The molecule has 2 unspecified atom stereocenters. The van der Waals surface area contributed by atoms with Crippen LogP contribution in [0, 0.1) is 13.8 Å². The van der Waals surface area contributed by atoms with Gasteiger partial charge in [0.1, 0.15) is 5.75 Å². The van der Waals surface area contributed by atoms with Crippen molar-refractivity contribution in [3.63, 3.8) is 0 Å². The predicted octanol–water partition coefficient (Wildman–Crippen LogP) is 3.57. The zero-order chi connectivity index (χ0) is 13.5. The predicted molar refractivity (Wildman–Crippen MR) is 79.6 cm³/mol. The number of benzene rings is 1. The number of aryl methyl sites for hydroxylation is 2. The first-order chi connectivity index (χ1) is 8.50. The molecule has 0 heterocycles. The molecule has 2 nitrogen and oxygen atoms in total. The van der Waals surface area contributed by atoms with E-state index in [4.69, 9.17) is 4.74 Å². The molecule has 18 heavy (non-hydrogen) atoms. The van der Waals surface area contributed by atoms with Crippen molar-refractivity contribution in [2.45, 2.75) is 45.5 Å². The van der Waals surface area contributed by atoms with Gasteiger partial charge in [0.2, 0.25) is 0 Å². The van der Waals surface area contributed by atoms with E-state index in [0.29, 0.717) is 5.25 Å². The number of rotatable bonds is 7. The lowest BCUT2D eigenvalue weighted by Crippen LogP contribution is -2.16. The molecule has 1 rings (SSSR count). The van der Waals surface area contributed by atoms with Gasteiger partial charge in [-0.25, -0.2) is 0 Å². The van der Waals surface area contributed by atoms with Crippen molar-refractivity contribution in [2.75, 3.05) is 12.4 Å². The molecule has 0 fully saturated rings. The van der Waals surface area contributed by atoms with Gasteiger partial charge in [-0.15, -0.1) is 0 Å². The standard InChI is InChI=1S/C15H24O2S/c1-11-6-7-15(10-12(11)2)17-8-5-9-18-14(4)13(3)16/h6-7,10,13-14,16H,5,8-9H2,1-4H3. The molecule has 0 amide bonds. The summed E-state index contributed by atoms with van der Waals surface area (Å²) in [6, 6.07) is 6.20. The molecule has 1 N–H and O–H groups in total. The highest BCUT2D eigenvalue weighted by atomic mass is 32.2. The lowest BCUT2D eigenvalue weighted by Gasteiger charge is -2.14. The van der Waals surface area contributed by atoms with Gasteiger partial charge in [-0.2, -0.15) is 11.8 Å². The van der Waals surface area contributed by atoms with Gasteiger partial charge in [0, 0.05) is 5.25 Å². The highest BCUT2D eigenvalue weighted by molar-refractivity contribution is 7.99. The summed E-state index contributed by atoms with van der Waals surface area (Å²) in [5.41, 5.74) is 2.56. The highest BCUT2D eigenvalue weighted by Crippen LogP contribution is 2.18. The van der Waals surface area contributed by atoms with Crippen LogP contribution >= 0.6 is 11.8 Å². The van der Waals surface area contributed by atoms with Crippen molar-refractivity contribution in [2.24, 2.45) is 0 Å². The fourth-order valence-electron chi connectivity index (χ4n) is 1.46. The van der Waals surface area contributed by atoms with Gasteiger partial charge in [-0.05, 0) is 56.2 Å². The molecule has 0 saturated heterocycles. The van der Waals surface area contributed by atoms with Gasteiger partial charge in [-0.3, -0.25) is 0 Å². The Morgan fingerprint density at radius 3 is 2.56 bits per heavy atom. The topological polar surface area (TPSA) is 29.5 Å². The summed E-state index contributed by atoms with van der Waals surface area (Å²) in [5.74, 6) is 1.98. The van der Waals surface area contributed by atoms with E-state index < -0.39 is 0 Å². The Morgan fingerprint density at radius 2 is 1.94 bits per heavy atom. The molecule has 0 spiro atoms. The second-order valence-electron chi connectivity index (χ2n) is 4.76. The van der Waals surface area contributed by atoms with Crippen LogP contribution in [0.15, 0.2) is 18.2 Å². The van der Waals surface area contributed by atoms with Crippen LogP contribution in [0.2, 0.25) is 0 Å². The fraction of sp³-hybridized carbons (Fsp3) is 0.600. The molecule has 0 aromatic heterocycles. The van der Waals surface area contributed by atoms with Gasteiger partial charge in [0.05, 0.1) is 12.7 Å². The average Bonchev–Trinajstić information content (AvgIpc) is 2.32. The van der Waals surface area contributed by atoms with Gasteiger partial charge in [-0.1, -0.05) is 13.0 Å². The third kappa shape index (κ3) is 5.32. The summed E-state index contributed by atoms with van der Waals surface area (Å²) < 4.78 is 5.71. The highest BCUT2D eigenvalue weighted by Gasteiger charge is 2.08. The summed E-state index contributed by atoms with van der Waals surface area (Å²) in [6.07, 6.45) is 0.768. The Balaban J connectivity index is 2.20. The second-order valence-corrected chi connectivity index (χ2v) is 6.25. The maximum atomic E-state index is 9.36. The lowest BCUT2D eigenvalue weighted by atomic mass is 10.1. The van der Waals surface area contributed by atoms with E-state index in [1.807, 2.05) is 13.0 Å². The molecular formula is C15H24O2S. The number of ether oxygens (including phenoxy) is 1. The van der Waals surface area contributed by atoms with Crippen LogP contribution < -0.4 is 4.74 Å².